The summed E-state index contributed by atoms with van der Waals surface area (Å²) < 4.78 is 18.1. The van der Waals surface area contributed by atoms with Gasteiger partial charge in [-0.2, -0.15) is 0 Å². The number of hydrogen-bond donors (Lipinski definition) is 2. The van der Waals surface area contributed by atoms with Crippen LogP contribution in [0.4, 0.5) is 4.39 Å². The van der Waals surface area contributed by atoms with Gasteiger partial charge in [-0.1, -0.05) is 0 Å². The van der Waals surface area contributed by atoms with Crippen molar-refractivity contribution in [1.82, 2.24) is 0 Å². The highest BCUT2D eigenvalue weighted by Gasteiger charge is 2.17. The van der Waals surface area contributed by atoms with Gasteiger partial charge >= 0.3 is 0 Å². The first-order chi connectivity index (χ1) is 6.97. The minimum absolute atomic E-state index is 0.0928. The lowest BCUT2D eigenvalue weighted by atomic mass is 10.0. The number of halogens is 1. The van der Waals surface area contributed by atoms with Crippen LogP contribution < -0.4 is 10.5 Å². The summed E-state index contributed by atoms with van der Waals surface area (Å²) in [6.07, 6.45) is 0.494. The number of aryl methyl sites for hydroxylation is 1. The van der Waals surface area contributed by atoms with E-state index in [-0.39, 0.29) is 17.5 Å². The van der Waals surface area contributed by atoms with Gasteiger partial charge in [-0.05, 0) is 31.9 Å². The maximum atomic E-state index is 13.3. The van der Waals surface area contributed by atoms with E-state index in [0.717, 1.165) is 0 Å². The van der Waals surface area contributed by atoms with E-state index in [4.69, 9.17) is 10.5 Å². The van der Waals surface area contributed by atoms with Crippen molar-refractivity contribution in [3.63, 3.8) is 0 Å². The van der Waals surface area contributed by atoms with Crippen LogP contribution >= 0.6 is 0 Å². The lowest BCUT2D eigenvalue weighted by Gasteiger charge is -2.14. The molecular formula is C11H16FNO2. The quantitative estimate of drug-likeness (QED) is 0.804. The van der Waals surface area contributed by atoms with Gasteiger partial charge in [0.05, 0.1) is 7.11 Å². The van der Waals surface area contributed by atoms with Gasteiger partial charge in [-0.15, -0.1) is 0 Å². The topological polar surface area (TPSA) is 55.5 Å². The van der Waals surface area contributed by atoms with Gasteiger partial charge in [0, 0.05) is 11.6 Å². The number of phenolic OH excluding ortho intramolecular Hbond substituents is 1. The van der Waals surface area contributed by atoms with Crippen LogP contribution in [-0.2, 0) is 6.42 Å². The molecule has 1 aromatic rings. The number of benzene rings is 1. The van der Waals surface area contributed by atoms with Crippen molar-refractivity contribution < 1.29 is 14.2 Å². The van der Waals surface area contributed by atoms with E-state index >= 15 is 0 Å². The van der Waals surface area contributed by atoms with Gasteiger partial charge in [0.15, 0.2) is 17.3 Å². The van der Waals surface area contributed by atoms with Crippen LogP contribution in [0.2, 0.25) is 0 Å². The fourth-order valence-corrected chi connectivity index (χ4v) is 1.55. The average Bonchev–Trinajstić information content (AvgIpc) is 2.12. The summed E-state index contributed by atoms with van der Waals surface area (Å²) in [6, 6.07) is 1.25. The van der Waals surface area contributed by atoms with E-state index in [9.17, 15) is 9.50 Å². The standard InChI is InChI=1S/C11H16FNO2/c1-6-4-9(12)11(15-3)10(14)8(6)5-7(2)13/h4,7,14H,5,13H2,1-3H3. The summed E-state index contributed by atoms with van der Waals surface area (Å²) in [7, 11) is 1.32. The molecule has 3 nitrogen and oxygen atoms in total. The van der Waals surface area contributed by atoms with E-state index in [1.54, 1.807) is 6.92 Å². The molecular weight excluding hydrogens is 197 g/mol. The normalized spacial score (nSPS) is 12.6. The van der Waals surface area contributed by atoms with Crippen LogP contribution in [0, 0.1) is 12.7 Å². The first-order valence-corrected chi connectivity index (χ1v) is 4.77. The second-order valence-electron chi connectivity index (χ2n) is 3.72. The van der Waals surface area contributed by atoms with Crippen LogP contribution in [0.5, 0.6) is 11.5 Å². The molecule has 84 valence electrons. The highest BCUT2D eigenvalue weighted by atomic mass is 19.1. The van der Waals surface area contributed by atoms with E-state index in [1.807, 2.05) is 6.92 Å². The van der Waals surface area contributed by atoms with Crippen molar-refractivity contribution >= 4 is 0 Å². The second-order valence-corrected chi connectivity index (χ2v) is 3.72. The third kappa shape index (κ3) is 2.39. The molecule has 0 spiro atoms. The molecule has 0 saturated heterocycles. The Kier molecular flexibility index (Phi) is 3.52. The number of aromatic hydroxyl groups is 1. The molecule has 1 atom stereocenters. The molecule has 4 heteroatoms. The van der Waals surface area contributed by atoms with Crippen LogP contribution in [0.15, 0.2) is 6.07 Å². The lowest BCUT2D eigenvalue weighted by molar-refractivity contribution is 0.347. The van der Waals surface area contributed by atoms with Gasteiger partial charge in [-0.25, -0.2) is 4.39 Å². The minimum atomic E-state index is -0.555. The van der Waals surface area contributed by atoms with Crippen molar-refractivity contribution in [2.45, 2.75) is 26.3 Å². The number of phenols is 1. The highest BCUT2D eigenvalue weighted by molar-refractivity contribution is 5.50. The molecule has 0 radical (unpaired) electrons. The molecule has 0 heterocycles. The summed E-state index contributed by atoms with van der Waals surface area (Å²) in [4.78, 5) is 0. The van der Waals surface area contributed by atoms with Crippen molar-refractivity contribution in [2.24, 2.45) is 5.73 Å². The summed E-state index contributed by atoms with van der Waals surface area (Å²) >= 11 is 0. The Morgan fingerprint density at radius 3 is 2.67 bits per heavy atom. The zero-order valence-corrected chi connectivity index (χ0v) is 9.17. The van der Waals surface area contributed by atoms with Crippen LogP contribution in [0.3, 0.4) is 0 Å². The Morgan fingerprint density at radius 1 is 1.60 bits per heavy atom. The number of hydrogen-bond acceptors (Lipinski definition) is 3. The minimum Gasteiger partial charge on any atom is -0.504 e. The summed E-state index contributed by atoms with van der Waals surface area (Å²) in [6.45, 7) is 3.56. The largest absolute Gasteiger partial charge is 0.504 e. The SMILES string of the molecule is COc1c(F)cc(C)c(CC(C)N)c1O. The molecule has 3 N–H and O–H groups in total. The van der Waals surface area contributed by atoms with Crippen LogP contribution in [-0.4, -0.2) is 18.3 Å². The Balaban J connectivity index is 3.26. The molecule has 1 unspecified atom stereocenters. The number of ether oxygens (including phenoxy) is 1. The molecule has 0 bridgehead atoms. The van der Waals surface area contributed by atoms with Crippen molar-refractivity contribution in [2.75, 3.05) is 7.11 Å². The molecule has 0 aliphatic rings. The molecule has 0 fully saturated rings. The zero-order valence-electron chi connectivity index (χ0n) is 9.17. The van der Waals surface area contributed by atoms with Gasteiger partial charge in [0.1, 0.15) is 0 Å². The molecule has 0 aliphatic heterocycles. The Labute approximate surface area is 88.7 Å². The van der Waals surface area contributed by atoms with Crippen LogP contribution in [0.25, 0.3) is 0 Å². The molecule has 0 amide bonds. The maximum Gasteiger partial charge on any atom is 0.196 e. The van der Waals surface area contributed by atoms with E-state index in [2.05, 4.69) is 0 Å². The Bertz CT molecular complexity index is 364. The van der Waals surface area contributed by atoms with E-state index in [0.29, 0.717) is 17.5 Å². The zero-order chi connectivity index (χ0) is 11.6. The molecule has 1 aromatic carbocycles. The van der Waals surface area contributed by atoms with Crippen molar-refractivity contribution in [3.8, 4) is 11.5 Å². The Morgan fingerprint density at radius 2 is 2.20 bits per heavy atom. The molecule has 0 aromatic heterocycles. The predicted molar refractivity (Wildman–Crippen MR) is 56.7 cm³/mol. The lowest BCUT2D eigenvalue weighted by Crippen LogP contribution is -2.18. The number of methoxy groups -OCH3 is 1. The third-order valence-corrected chi connectivity index (χ3v) is 2.27. The summed E-state index contributed by atoms with van der Waals surface area (Å²) in [5.74, 6) is -0.815. The predicted octanol–water partition coefficient (Wildman–Crippen LogP) is 1.74. The number of nitrogens with two attached hydrogens (primary N) is 1. The summed E-state index contributed by atoms with van der Waals surface area (Å²) in [5.41, 5.74) is 6.97. The molecule has 1 rings (SSSR count). The molecule has 15 heavy (non-hydrogen) atoms. The Hall–Kier alpha value is -1.29. The second kappa shape index (κ2) is 4.49. The third-order valence-electron chi connectivity index (χ3n) is 2.27. The average molecular weight is 213 g/mol. The van der Waals surface area contributed by atoms with Crippen LogP contribution in [0.1, 0.15) is 18.1 Å². The smallest absolute Gasteiger partial charge is 0.196 e. The maximum absolute atomic E-state index is 13.3. The monoisotopic (exact) mass is 213 g/mol. The van der Waals surface area contributed by atoms with Gasteiger partial charge in [0.2, 0.25) is 0 Å². The van der Waals surface area contributed by atoms with Crippen molar-refractivity contribution in [3.05, 3.63) is 23.0 Å². The van der Waals surface area contributed by atoms with E-state index in [1.165, 1.54) is 13.2 Å². The van der Waals surface area contributed by atoms with Gasteiger partial charge in [-0.3, -0.25) is 0 Å². The summed E-state index contributed by atoms with van der Waals surface area (Å²) in [5, 5.41) is 9.78. The molecule has 0 aliphatic carbocycles. The van der Waals surface area contributed by atoms with Gasteiger partial charge < -0.3 is 15.6 Å². The first kappa shape index (κ1) is 11.8. The molecule has 0 saturated carbocycles. The van der Waals surface area contributed by atoms with Crippen molar-refractivity contribution in [1.29, 1.82) is 0 Å². The fourth-order valence-electron chi connectivity index (χ4n) is 1.55. The van der Waals surface area contributed by atoms with Gasteiger partial charge in [0.25, 0.3) is 0 Å². The highest BCUT2D eigenvalue weighted by Crippen LogP contribution is 2.35. The number of rotatable bonds is 3. The van der Waals surface area contributed by atoms with E-state index < -0.39 is 5.82 Å². The first-order valence-electron chi connectivity index (χ1n) is 4.77. The fraction of sp³-hybridized carbons (Fsp3) is 0.455.